The second kappa shape index (κ2) is 7.95. The Morgan fingerprint density at radius 1 is 1.26 bits per heavy atom. The zero-order valence-corrected chi connectivity index (χ0v) is 15.1. The van der Waals surface area contributed by atoms with Crippen molar-refractivity contribution in [2.75, 3.05) is 7.11 Å². The molecule has 0 aliphatic rings. The van der Waals surface area contributed by atoms with Crippen LogP contribution in [0.3, 0.4) is 0 Å². The van der Waals surface area contributed by atoms with E-state index in [-0.39, 0.29) is 11.4 Å². The molecule has 1 atom stereocenters. The molecular formula is C21H20FN3O2. The Hall–Kier alpha value is -3.28. The largest absolute Gasteiger partial charge is 0.399 e. The second-order valence-corrected chi connectivity index (χ2v) is 6.49. The van der Waals surface area contributed by atoms with Crippen LogP contribution in [0.4, 0.5) is 4.39 Å². The van der Waals surface area contributed by atoms with Gasteiger partial charge in [-0.3, -0.25) is 9.78 Å². The lowest BCUT2D eigenvalue weighted by Gasteiger charge is -2.26. The number of aromatic nitrogens is 1. The molecule has 3 aromatic rings. The normalized spacial score (nSPS) is 13.4. The van der Waals surface area contributed by atoms with Gasteiger partial charge in [-0.25, -0.2) is 4.39 Å². The van der Waals surface area contributed by atoms with Crippen molar-refractivity contribution < 1.29 is 14.0 Å². The Morgan fingerprint density at radius 3 is 2.78 bits per heavy atom. The molecule has 5 nitrogen and oxygen atoms in total. The molecule has 0 saturated carbocycles. The molecule has 0 aliphatic heterocycles. The zero-order valence-electron chi connectivity index (χ0n) is 15.1. The molecule has 0 fully saturated rings. The molecule has 2 aromatic carbocycles. The van der Waals surface area contributed by atoms with E-state index in [2.05, 4.69) is 15.5 Å². The number of nitrogens with one attached hydrogen (secondary N) is 1. The molecule has 1 amide bonds. The van der Waals surface area contributed by atoms with Gasteiger partial charge in [0.2, 0.25) is 0 Å². The quantitative estimate of drug-likeness (QED) is 0.535. The number of amides is 1. The van der Waals surface area contributed by atoms with Crippen LogP contribution in [0.25, 0.3) is 10.9 Å². The predicted molar refractivity (Wildman–Crippen MR) is 103 cm³/mol. The van der Waals surface area contributed by atoms with Crippen LogP contribution in [0.1, 0.15) is 22.8 Å². The summed E-state index contributed by atoms with van der Waals surface area (Å²) in [5.41, 5.74) is 0.854. The van der Waals surface area contributed by atoms with Crippen LogP contribution in [0.15, 0.2) is 65.9 Å². The highest BCUT2D eigenvalue weighted by Gasteiger charge is 2.26. The van der Waals surface area contributed by atoms with E-state index in [4.69, 9.17) is 4.84 Å². The predicted octanol–water partition coefficient (Wildman–Crippen LogP) is 3.74. The highest BCUT2D eigenvalue weighted by Crippen LogP contribution is 2.18. The summed E-state index contributed by atoms with van der Waals surface area (Å²) in [7, 11) is 1.45. The summed E-state index contributed by atoms with van der Waals surface area (Å²) in [4.78, 5) is 21.7. The molecule has 1 aromatic heterocycles. The van der Waals surface area contributed by atoms with Gasteiger partial charge in [0.1, 0.15) is 18.4 Å². The maximum atomic E-state index is 13.8. The Balaban J connectivity index is 1.86. The fourth-order valence-electron chi connectivity index (χ4n) is 2.89. The third kappa shape index (κ3) is 4.47. The summed E-state index contributed by atoms with van der Waals surface area (Å²) in [6, 6.07) is 16.0. The van der Waals surface area contributed by atoms with Crippen LogP contribution in [0, 0.1) is 5.82 Å². The number of nitrogens with zero attached hydrogens (tertiary/aromatic N) is 2. The van der Waals surface area contributed by atoms with E-state index in [1.54, 1.807) is 24.4 Å². The van der Waals surface area contributed by atoms with Gasteiger partial charge in [-0.1, -0.05) is 47.6 Å². The van der Waals surface area contributed by atoms with Gasteiger partial charge in [0.05, 0.1) is 17.3 Å². The van der Waals surface area contributed by atoms with E-state index in [9.17, 15) is 9.18 Å². The number of carbonyl (C=O) groups excluding carboxylic acids is 1. The standard InChI is InChI=1S/C21H20FN3O2/c1-21(14-24-27-2,12-15-7-4-3-5-8-15)25-20(26)17-11-16-9-6-10-18(22)19(16)23-13-17/h3-11,13-14H,12H2,1-2H3,(H,25,26). The molecule has 1 unspecified atom stereocenters. The molecule has 0 spiro atoms. The number of carbonyl (C=O) groups is 1. The molecule has 27 heavy (non-hydrogen) atoms. The van der Waals surface area contributed by atoms with Crippen molar-refractivity contribution in [1.82, 2.24) is 10.3 Å². The molecule has 0 saturated heterocycles. The Kier molecular flexibility index (Phi) is 5.45. The van der Waals surface area contributed by atoms with Gasteiger partial charge in [0.15, 0.2) is 0 Å². The van der Waals surface area contributed by atoms with Crippen molar-refractivity contribution in [2.24, 2.45) is 5.16 Å². The van der Waals surface area contributed by atoms with E-state index in [1.807, 2.05) is 37.3 Å². The lowest BCUT2D eigenvalue weighted by Crippen LogP contribution is -2.49. The SMILES string of the molecule is CON=CC(C)(Cc1ccccc1)NC(=O)c1cnc2c(F)cccc2c1. The number of fused-ring (bicyclic) bond motifs is 1. The summed E-state index contributed by atoms with van der Waals surface area (Å²) >= 11 is 0. The minimum atomic E-state index is -0.772. The van der Waals surface area contributed by atoms with E-state index < -0.39 is 11.4 Å². The minimum absolute atomic E-state index is 0.238. The monoisotopic (exact) mass is 365 g/mol. The first-order valence-electron chi connectivity index (χ1n) is 8.49. The molecule has 0 bridgehead atoms. The topological polar surface area (TPSA) is 63.6 Å². The Morgan fingerprint density at radius 2 is 2.04 bits per heavy atom. The smallest absolute Gasteiger partial charge is 0.253 e. The first kappa shape index (κ1) is 18.5. The fourth-order valence-corrected chi connectivity index (χ4v) is 2.89. The maximum Gasteiger partial charge on any atom is 0.253 e. The summed E-state index contributed by atoms with van der Waals surface area (Å²) in [5, 5.41) is 7.38. The average Bonchev–Trinajstić information content (AvgIpc) is 2.67. The highest BCUT2D eigenvalue weighted by atomic mass is 19.1. The first-order chi connectivity index (χ1) is 13.0. The average molecular weight is 365 g/mol. The van der Waals surface area contributed by atoms with Crippen molar-refractivity contribution in [3.05, 3.63) is 77.7 Å². The molecule has 3 rings (SSSR count). The van der Waals surface area contributed by atoms with E-state index in [0.717, 1.165) is 5.56 Å². The number of halogens is 1. The molecule has 6 heteroatoms. The number of benzene rings is 2. The maximum absolute atomic E-state index is 13.8. The van der Waals surface area contributed by atoms with Crippen LogP contribution < -0.4 is 5.32 Å². The van der Waals surface area contributed by atoms with Gasteiger partial charge in [0, 0.05) is 18.0 Å². The van der Waals surface area contributed by atoms with Crippen LogP contribution in [0.2, 0.25) is 0 Å². The lowest BCUT2D eigenvalue weighted by molar-refractivity contribution is 0.0927. The molecule has 0 aliphatic carbocycles. The third-order valence-corrected chi connectivity index (χ3v) is 4.18. The molecular weight excluding hydrogens is 345 g/mol. The zero-order chi connectivity index (χ0) is 19.3. The van der Waals surface area contributed by atoms with Crippen molar-refractivity contribution in [1.29, 1.82) is 0 Å². The molecule has 0 radical (unpaired) electrons. The first-order valence-corrected chi connectivity index (χ1v) is 8.49. The summed E-state index contributed by atoms with van der Waals surface area (Å²) < 4.78 is 13.8. The number of rotatable bonds is 6. The van der Waals surface area contributed by atoms with E-state index in [1.165, 1.54) is 19.4 Å². The van der Waals surface area contributed by atoms with Gasteiger partial charge >= 0.3 is 0 Å². The van der Waals surface area contributed by atoms with Gasteiger partial charge in [-0.2, -0.15) is 0 Å². The van der Waals surface area contributed by atoms with Crippen LogP contribution in [0.5, 0.6) is 0 Å². The van der Waals surface area contributed by atoms with Gasteiger partial charge in [-0.15, -0.1) is 0 Å². The summed E-state index contributed by atoms with van der Waals surface area (Å²) in [6.07, 6.45) is 3.46. The number of para-hydroxylation sites is 1. The molecule has 1 N–H and O–H groups in total. The highest BCUT2D eigenvalue weighted by molar-refractivity contribution is 5.99. The van der Waals surface area contributed by atoms with E-state index >= 15 is 0 Å². The Bertz CT molecular complexity index is 976. The fraction of sp³-hybridized carbons (Fsp3) is 0.190. The van der Waals surface area contributed by atoms with Gasteiger partial charge in [0.25, 0.3) is 5.91 Å². The van der Waals surface area contributed by atoms with Crippen LogP contribution in [-0.2, 0) is 11.3 Å². The van der Waals surface area contributed by atoms with Crippen molar-refractivity contribution in [3.63, 3.8) is 0 Å². The van der Waals surface area contributed by atoms with Crippen molar-refractivity contribution in [2.45, 2.75) is 18.9 Å². The molecule has 1 heterocycles. The third-order valence-electron chi connectivity index (χ3n) is 4.18. The van der Waals surface area contributed by atoms with Gasteiger partial charge < -0.3 is 10.2 Å². The summed E-state index contributed by atoms with van der Waals surface area (Å²) in [6.45, 7) is 1.86. The number of hydrogen-bond acceptors (Lipinski definition) is 4. The molecule has 138 valence electrons. The minimum Gasteiger partial charge on any atom is -0.399 e. The number of oxime groups is 1. The van der Waals surface area contributed by atoms with Crippen LogP contribution >= 0.6 is 0 Å². The van der Waals surface area contributed by atoms with Gasteiger partial charge in [-0.05, 0) is 24.6 Å². The van der Waals surface area contributed by atoms with E-state index in [0.29, 0.717) is 17.4 Å². The van der Waals surface area contributed by atoms with Crippen molar-refractivity contribution in [3.8, 4) is 0 Å². The van der Waals surface area contributed by atoms with Crippen LogP contribution in [-0.4, -0.2) is 29.8 Å². The summed E-state index contributed by atoms with van der Waals surface area (Å²) in [5.74, 6) is -0.741. The Labute approximate surface area is 156 Å². The second-order valence-electron chi connectivity index (χ2n) is 6.49. The van der Waals surface area contributed by atoms with Crippen molar-refractivity contribution >= 4 is 23.0 Å². The number of hydrogen-bond donors (Lipinski definition) is 1. The lowest BCUT2D eigenvalue weighted by atomic mass is 9.93. The number of pyridine rings is 1.